The standard InChI is InChI=1S/C16H22N6O3S/c1-9(2)14(22-7-11(19-20-22)13-5-18-8-26-13)16(25)21-6-10(23)4-12(21)15(24)17-3/h5,7-10,12,14,23H,4,6H2,1-3H3,(H,17,24)/t10?,12-,14?/m1/s1. The summed E-state index contributed by atoms with van der Waals surface area (Å²) >= 11 is 1.44. The third-order valence-electron chi connectivity index (χ3n) is 4.48. The summed E-state index contributed by atoms with van der Waals surface area (Å²) in [6.45, 7) is 3.96. The first-order valence-corrected chi connectivity index (χ1v) is 9.31. The molecule has 2 amide bonds. The van der Waals surface area contributed by atoms with Crippen molar-refractivity contribution in [3.63, 3.8) is 0 Å². The first-order valence-electron chi connectivity index (χ1n) is 8.43. The fourth-order valence-electron chi connectivity index (χ4n) is 3.21. The zero-order chi connectivity index (χ0) is 18.8. The monoisotopic (exact) mass is 378 g/mol. The maximum Gasteiger partial charge on any atom is 0.248 e. The molecule has 2 aromatic heterocycles. The van der Waals surface area contributed by atoms with E-state index in [9.17, 15) is 14.7 Å². The third-order valence-corrected chi connectivity index (χ3v) is 5.27. The van der Waals surface area contributed by atoms with E-state index in [2.05, 4.69) is 20.6 Å². The van der Waals surface area contributed by atoms with Crippen LogP contribution in [0.3, 0.4) is 0 Å². The average molecular weight is 378 g/mol. The van der Waals surface area contributed by atoms with Crippen LogP contribution in [-0.2, 0) is 9.59 Å². The molecule has 0 aliphatic carbocycles. The summed E-state index contributed by atoms with van der Waals surface area (Å²) in [4.78, 5) is 31.6. The number of likely N-dealkylation sites (tertiary alicyclic amines) is 1. The van der Waals surface area contributed by atoms with Crippen molar-refractivity contribution < 1.29 is 14.7 Å². The highest BCUT2D eigenvalue weighted by molar-refractivity contribution is 7.13. The summed E-state index contributed by atoms with van der Waals surface area (Å²) in [6.07, 6.45) is 2.94. The van der Waals surface area contributed by atoms with Gasteiger partial charge in [-0.3, -0.25) is 14.6 Å². The number of hydrogen-bond acceptors (Lipinski definition) is 7. The second-order valence-corrected chi connectivity index (χ2v) is 7.53. The molecular formula is C16H22N6O3S. The SMILES string of the molecule is CNC(=O)[C@H]1CC(O)CN1C(=O)C(C(C)C)n1cc(-c2cncs2)nn1. The molecule has 26 heavy (non-hydrogen) atoms. The molecule has 0 saturated carbocycles. The molecule has 3 heterocycles. The van der Waals surface area contributed by atoms with E-state index in [1.807, 2.05) is 13.8 Å². The van der Waals surface area contributed by atoms with Gasteiger partial charge in [-0.2, -0.15) is 0 Å². The predicted octanol–water partition coefficient (Wildman–Crippen LogP) is 0.306. The van der Waals surface area contributed by atoms with E-state index in [0.717, 1.165) is 4.88 Å². The van der Waals surface area contributed by atoms with Crippen molar-refractivity contribution in [1.82, 2.24) is 30.2 Å². The van der Waals surface area contributed by atoms with E-state index < -0.39 is 18.2 Å². The van der Waals surface area contributed by atoms with Crippen LogP contribution in [0.5, 0.6) is 0 Å². The van der Waals surface area contributed by atoms with Gasteiger partial charge in [0, 0.05) is 26.2 Å². The summed E-state index contributed by atoms with van der Waals surface area (Å²) < 4.78 is 1.54. The number of thiazole rings is 1. The van der Waals surface area contributed by atoms with Gasteiger partial charge in [0.25, 0.3) is 0 Å². The number of hydrogen-bond donors (Lipinski definition) is 2. The van der Waals surface area contributed by atoms with Crippen LogP contribution in [0.15, 0.2) is 17.9 Å². The molecular weight excluding hydrogens is 356 g/mol. The molecule has 0 aromatic carbocycles. The van der Waals surface area contributed by atoms with Gasteiger partial charge in [-0.15, -0.1) is 16.4 Å². The topological polar surface area (TPSA) is 113 Å². The molecule has 2 aromatic rings. The number of rotatable bonds is 5. The number of amides is 2. The number of nitrogens with one attached hydrogen (secondary N) is 1. The zero-order valence-electron chi connectivity index (χ0n) is 14.9. The van der Waals surface area contributed by atoms with Gasteiger partial charge in [0.15, 0.2) is 0 Å². The molecule has 0 radical (unpaired) electrons. The lowest BCUT2D eigenvalue weighted by molar-refractivity contribution is -0.142. The number of β-amino-alcohol motifs (C(OH)–C–C–N with tert-alkyl or cyclic N) is 1. The highest BCUT2D eigenvalue weighted by Gasteiger charge is 2.42. The highest BCUT2D eigenvalue weighted by atomic mass is 32.1. The van der Waals surface area contributed by atoms with E-state index in [1.54, 1.807) is 17.9 Å². The van der Waals surface area contributed by atoms with Crippen LogP contribution >= 0.6 is 11.3 Å². The van der Waals surface area contributed by atoms with Gasteiger partial charge in [-0.05, 0) is 5.92 Å². The van der Waals surface area contributed by atoms with Crippen LogP contribution in [-0.4, -0.2) is 67.5 Å². The Bertz CT molecular complexity index is 775. The number of aromatic nitrogens is 4. The van der Waals surface area contributed by atoms with Crippen molar-refractivity contribution in [2.24, 2.45) is 5.92 Å². The molecule has 3 rings (SSSR count). The highest BCUT2D eigenvalue weighted by Crippen LogP contribution is 2.28. The molecule has 1 fully saturated rings. The smallest absolute Gasteiger partial charge is 0.248 e. The molecule has 9 nitrogen and oxygen atoms in total. The van der Waals surface area contributed by atoms with Crippen LogP contribution in [0.2, 0.25) is 0 Å². The van der Waals surface area contributed by atoms with Crippen molar-refractivity contribution in [3.8, 4) is 10.6 Å². The second-order valence-electron chi connectivity index (χ2n) is 6.65. The summed E-state index contributed by atoms with van der Waals surface area (Å²) in [5.74, 6) is -0.589. The summed E-state index contributed by atoms with van der Waals surface area (Å²) in [5.41, 5.74) is 2.36. The quantitative estimate of drug-likeness (QED) is 0.774. The summed E-state index contributed by atoms with van der Waals surface area (Å²) in [5, 5.41) is 20.8. The fraction of sp³-hybridized carbons (Fsp3) is 0.562. The first kappa shape index (κ1) is 18.5. The Morgan fingerprint density at radius 1 is 1.42 bits per heavy atom. The predicted molar refractivity (Wildman–Crippen MR) is 95.2 cm³/mol. The first-order chi connectivity index (χ1) is 12.4. The minimum atomic E-state index is -0.711. The van der Waals surface area contributed by atoms with Crippen molar-refractivity contribution in [1.29, 1.82) is 0 Å². The lowest BCUT2D eigenvalue weighted by atomic mass is 10.0. The van der Waals surface area contributed by atoms with E-state index in [0.29, 0.717) is 5.69 Å². The number of likely N-dealkylation sites (N-methyl/N-ethyl adjacent to an activating group) is 1. The molecule has 1 aliphatic heterocycles. The van der Waals surface area contributed by atoms with Crippen LogP contribution in [0.1, 0.15) is 26.3 Å². The van der Waals surface area contributed by atoms with Crippen molar-refractivity contribution in [3.05, 3.63) is 17.9 Å². The lowest BCUT2D eigenvalue weighted by Gasteiger charge is -2.29. The molecule has 1 aliphatic rings. The number of aliphatic hydroxyl groups is 1. The van der Waals surface area contributed by atoms with E-state index in [1.165, 1.54) is 28.0 Å². The molecule has 10 heteroatoms. The Hall–Kier alpha value is -2.33. The van der Waals surface area contributed by atoms with Crippen molar-refractivity contribution in [2.45, 2.75) is 38.5 Å². The lowest BCUT2D eigenvalue weighted by Crippen LogP contribution is -2.48. The van der Waals surface area contributed by atoms with Crippen LogP contribution in [0.25, 0.3) is 10.6 Å². The molecule has 0 spiro atoms. The summed E-state index contributed by atoms with van der Waals surface area (Å²) in [7, 11) is 1.52. The maximum atomic E-state index is 13.2. The van der Waals surface area contributed by atoms with Gasteiger partial charge in [-0.25, -0.2) is 4.68 Å². The third kappa shape index (κ3) is 3.47. The Balaban J connectivity index is 1.88. The minimum Gasteiger partial charge on any atom is -0.391 e. The number of aliphatic hydroxyl groups excluding tert-OH is 1. The van der Waals surface area contributed by atoms with Crippen LogP contribution in [0, 0.1) is 5.92 Å². The van der Waals surface area contributed by atoms with Crippen molar-refractivity contribution in [2.75, 3.05) is 13.6 Å². The number of carbonyl (C=O) groups is 2. The van der Waals surface area contributed by atoms with Crippen LogP contribution in [0.4, 0.5) is 0 Å². The Kier molecular flexibility index (Phi) is 5.33. The van der Waals surface area contributed by atoms with E-state index >= 15 is 0 Å². The largest absolute Gasteiger partial charge is 0.391 e. The molecule has 0 bridgehead atoms. The fourth-order valence-corrected chi connectivity index (χ4v) is 3.79. The second kappa shape index (κ2) is 7.50. The Labute approximate surface area is 155 Å². The number of nitrogens with zero attached hydrogens (tertiary/aromatic N) is 5. The summed E-state index contributed by atoms with van der Waals surface area (Å²) in [6, 6.07) is -1.28. The van der Waals surface area contributed by atoms with Gasteiger partial charge in [0.1, 0.15) is 17.8 Å². The van der Waals surface area contributed by atoms with Crippen molar-refractivity contribution >= 4 is 23.2 Å². The molecule has 2 N–H and O–H groups in total. The normalized spacial score (nSPS) is 21.2. The van der Waals surface area contributed by atoms with Crippen LogP contribution < -0.4 is 5.32 Å². The molecule has 2 unspecified atom stereocenters. The van der Waals surface area contributed by atoms with Gasteiger partial charge >= 0.3 is 0 Å². The van der Waals surface area contributed by atoms with Gasteiger partial charge < -0.3 is 15.3 Å². The van der Waals surface area contributed by atoms with Gasteiger partial charge in [-0.1, -0.05) is 19.1 Å². The van der Waals surface area contributed by atoms with Gasteiger partial charge in [0.2, 0.25) is 11.8 Å². The number of carbonyl (C=O) groups excluding carboxylic acids is 2. The maximum absolute atomic E-state index is 13.2. The molecule has 1 saturated heterocycles. The van der Waals surface area contributed by atoms with E-state index in [4.69, 9.17) is 0 Å². The molecule has 3 atom stereocenters. The van der Waals surface area contributed by atoms with Gasteiger partial charge in [0.05, 0.1) is 22.7 Å². The van der Waals surface area contributed by atoms with E-state index in [-0.39, 0.29) is 30.7 Å². The Morgan fingerprint density at radius 3 is 2.81 bits per heavy atom. The molecule has 140 valence electrons. The zero-order valence-corrected chi connectivity index (χ0v) is 15.7. The Morgan fingerprint density at radius 2 is 2.19 bits per heavy atom. The average Bonchev–Trinajstić information content (AvgIpc) is 3.33. The minimum absolute atomic E-state index is 0.0680.